The molecule has 0 aliphatic heterocycles. The molecule has 0 saturated carbocycles. The van der Waals surface area contributed by atoms with Gasteiger partial charge in [-0.2, -0.15) is 0 Å². The van der Waals surface area contributed by atoms with E-state index in [9.17, 15) is 4.79 Å². The van der Waals surface area contributed by atoms with Gasteiger partial charge >= 0.3 is 0 Å². The first kappa shape index (κ1) is 21.6. The van der Waals surface area contributed by atoms with Crippen LogP contribution >= 0.6 is 0 Å². The number of anilines is 2. The van der Waals surface area contributed by atoms with E-state index in [0.717, 1.165) is 35.5 Å². The van der Waals surface area contributed by atoms with E-state index in [1.54, 1.807) is 0 Å². The maximum absolute atomic E-state index is 12.6. The van der Waals surface area contributed by atoms with Crippen molar-refractivity contribution < 1.29 is 14.3 Å². The summed E-state index contributed by atoms with van der Waals surface area (Å²) in [6, 6.07) is 11.3. The SMILES string of the molecule is CCCOc1ccc(N[C@H](C)C(=O)Nc2ccc(C)cc2C)cc1OCCC. The quantitative estimate of drug-likeness (QED) is 0.582. The summed E-state index contributed by atoms with van der Waals surface area (Å²) in [5.74, 6) is 1.34. The molecule has 0 aromatic heterocycles. The fraction of sp³-hybridized carbons (Fsp3) is 0.435. The monoisotopic (exact) mass is 384 g/mol. The molecule has 0 unspecified atom stereocenters. The number of hydrogen-bond acceptors (Lipinski definition) is 4. The predicted molar refractivity (Wildman–Crippen MR) is 116 cm³/mol. The van der Waals surface area contributed by atoms with E-state index in [1.165, 1.54) is 5.56 Å². The smallest absolute Gasteiger partial charge is 0.246 e. The number of carbonyl (C=O) groups is 1. The Morgan fingerprint density at radius 1 is 0.964 bits per heavy atom. The molecule has 0 heterocycles. The maximum atomic E-state index is 12.6. The first-order valence-corrected chi connectivity index (χ1v) is 9.98. The van der Waals surface area contributed by atoms with E-state index in [1.807, 2.05) is 51.1 Å². The van der Waals surface area contributed by atoms with Crippen molar-refractivity contribution in [2.24, 2.45) is 0 Å². The van der Waals surface area contributed by atoms with Crippen LogP contribution in [-0.4, -0.2) is 25.2 Å². The molecule has 0 aliphatic carbocycles. The summed E-state index contributed by atoms with van der Waals surface area (Å²) < 4.78 is 11.6. The fourth-order valence-electron chi connectivity index (χ4n) is 2.76. The number of ether oxygens (including phenoxy) is 2. The lowest BCUT2D eigenvalue weighted by molar-refractivity contribution is -0.116. The molecule has 0 saturated heterocycles. The van der Waals surface area contributed by atoms with E-state index in [2.05, 4.69) is 30.5 Å². The lowest BCUT2D eigenvalue weighted by Crippen LogP contribution is -2.32. The minimum Gasteiger partial charge on any atom is -0.490 e. The van der Waals surface area contributed by atoms with Crippen LogP contribution in [0.5, 0.6) is 11.5 Å². The van der Waals surface area contributed by atoms with Crippen LogP contribution in [0, 0.1) is 13.8 Å². The molecule has 1 atom stereocenters. The minimum absolute atomic E-state index is 0.0886. The van der Waals surface area contributed by atoms with Crippen LogP contribution in [0.2, 0.25) is 0 Å². The molecule has 0 radical (unpaired) electrons. The Hall–Kier alpha value is -2.69. The number of nitrogens with one attached hydrogen (secondary N) is 2. The summed E-state index contributed by atoms with van der Waals surface area (Å²) in [6.45, 7) is 11.3. The lowest BCUT2D eigenvalue weighted by atomic mass is 10.1. The van der Waals surface area contributed by atoms with Gasteiger partial charge in [0.25, 0.3) is 0 Å². The van der Waals surface area contributed by atoms with Crippen LogP contribution in [-0.2, 0) is 4.79 Å². The van der Waals surface area contributed by atoms with Gasteiger partial charge in [0.2, 0.25) is 5.91 Å². The van der Waals surface area contributed by atoms with E-state index in [4.69, 9.17) is 9.47 Å². The predicted octanol–water partition coefficient (Wildman–Crippen LogP) is 5.32. The Bertz CT molecular complexity index is 789. The van der Waals surface area contributed by atoms with E-state index >= 15 is 0 Å². The van der Waals surface area contributed by atoms with Gasteiger partial charge in [0.15, 0.2) is 11.5 Å². The summed E-state index contributed by atoms with van der Waals surface area (Å²) in [5, 5.41) is 6.23. The highest BCUT2D eigenvalue weighted by molar-refractivity contribution is 5.96. The number of rotatable bonds is 10. The lowest BCUT2D eigenvalue weighted by Gasteiger charge is -2.18. The molecule has 0 bridgehead atoms. The number of amides is 1. The van der Waals surface area contributed by atoms with Gasteiger partial charge in [0.1, 0.15) is 6.04 Å². The molecule has 0 fully saturated rings. The van der Waals surface area contributed by atoms with E-state index in [0.29, 0.717) is 19.0 Å². The van der Waals surface area contributed by atoms with E-state index < -0.39 is 6.04 Å². The molecule has 28 heavy (non-hydrogen) atoms. The molecule has 2 aromatic carbocycles. The van der Waals surface area contributed by atoms with Crippen LogP contribution in [0.15, 0.2) is 36.4 Å². The van der Waals surface area contributed by atoms with Gasteiger partial charge in [-0.15, -0.1) is 0 Å². The second kappa shape index (κ2) is 10.6. The van der Waals surface area contributed by atoms with Gasteiger partial charge < -0.3 is 20.1 Å². The van der Waals surface area contributed by atoms with Gasteiger partial charge in [-0.05, 0) is 57.4 Å². The molecular weight excluding hydrogens is 352 g/mol. The molecule has 152 valence electrons. The van der Waals surface area contributed by atoms with Crippen LogP contribution in [0.3, 0.4) is 0 Å². The van der Waals surface area contributed by atoms with Crippen molar-refractivity contribution >= 4 is 17.3 Å². The minimum atomic E-state index is -0.401. The highest BCUT2D eigenvalue weighted by atomic mass is 16.5. The summed E-state index contributed by atoms with van der Waals surface area (Å²) in [6.07, 6.45) is 1.85. The van der Waals surface area contributed by atoms with Crippen LogP contribution in [0.25, 0.3) is 0 Å². The molecule has 2 aromatic rings. The van der Waals surface area contributed by atoms with Crippen molar-refractivity contribution in [3.63, 3.8) is 0 Å². The Morgan fingerprint density at radius 2 is 1.64 bits per heavy atom. The van der Waals surface area contributed by atoms with Crippen molar-refractivity contribution in [3.8, 4) is 11.5 Å². The van der Waals surface area contributed by atoms with Crippen molar-refractivity contribution in [2.75, 3.05) is 23.8 Å². The zero-order valence-corrected chi connectivity index (χ0v) is 17.6. The summed E-state index contributed by atoms with van der Waals surface area (Å²) >= 11 is 0. The average molecular weight is 385 g/mol. The number of benzene rings is 2. The summed E-state index contributed by atoms with van der Waals surface area (Å²) in [7, 11) is 0. The van der Waals surface area contributed by atoms with Crippen molar-refractivity contribution in [1.29, 1.82) is 0 Å². The highest BCUT2D eigenvalue weighted by Gasteiger charge is 2.15. The van der Waals surface area contributed by atoms with Gasteiger partial charge in [-0.1, -0.05) is 31.5 Å². The molecular formula is C23H32N2O3. The summed E-state index contributed by atoms with van der Waals surface area (Å²) in [5.41, 5.74) is 3.87. The fourth-order valence-corrected chi connectivity index (χ4v) is 2.76. The Morgan fingerprint density at radius 3 is 2.29 bits per heavy atom. The van der Waals surface area contributed by atoms with Gasteiger partial charge in [0, 0.05) is 17.4 Å². The van der Waals surface area contributed by atoms with Crippen molar-refractivity contribution in [3.05, 3.63) is 47.5 Å². The van der Waals surface area contributed by atoms with Crippen LogP contribution in [0.4, 0.5) is 11.4 Å². The molecule has 0 spiro atoms. The Labute approximate surface area is 168 Å². The molecule has 5 nitrogen and oxygen atoms in total. The van der Waals surface area contributed by atoms with Crippen LogP contribution in [0.1, 0.15) is 44.7 Å². The van der Waals surface area contributed by atoms with Gasteiger partial charge in [0.05, 0.1) is 13.2 Å². The largest absolute Gasteiger partial charge is 0.490 e. The highest BCUT2D eigenvalue weighted by Crippen LogP contribution is 2.31. The normalized spacial score (nSPS) is 11.6. The molecule has 2 N–H and O–H groups in total. The Balaban J connectivity index is 2.06. The van der Waals surface area contributed by atoms with Crippen molar-refractivity contribution in [1.82, 2.24) is 0 Å². The average Bonchev–Trinajstić information content (AvgIpc) is 2.67. The van der Waals surface area contributed by atoms with Crippen LogP contribution < -0.4 is 20.1 Å². The summed E-state index contributed by atoms with van der Waals surface area (Å²) in [4.78, 5) is 12.6. The third kappa shape index (κ3) is 6.19. The molecule has 1 amide bonds. The number of hydrogen-bond donors (Lipinski definition) is 2. The topological polar surface area (TPSA) is 59.6 Å². The molecule has 5 heteroatoms. The third-order valence-corrected chi connectivity index (χ3v) is 4.28. The first-order chi connectivity index (χ1) is 13.4. The van der Waals surface area contributed by atoms with E-state index in [-0.39, 0.29) is 5.91 Å². The third-order valence-electron chi connectivity index (χ3n) is 4.28. The van der Waals surface area contributed by atoms with Gasteiger partial charge in [-0.3, -0.25) is 4.79 Å². The zero-order chi connectivity index (χ0) is 20.5. The maximum Gasteiger partial charge on any atom is 0.246 e. The number of aryl methyl sites for hydroxylation is 2. The number of carbonyl (C=O) groups excluding carboxylic acids is 1. The van der Waals surface area contributed by atoms with Crippen molar-refractivity contribution in [2.45, 2.75) is 53.5 Å². The molecule has 2 rings (SSSR count). The first-order valence-electron chi connectivity index (χ1n) is 9.98. The van der Waals surface area contributed by atoms with Gasteiger partial charge in [-0.25, -0.2) is 0 Å². The Kier molecular flexibility index (Phi) is 8.18. The molecule has 0 aliphatic rings. The second-order valence-corrected chi connectivity index (χ2v) is 7.03. The second-order valence-electron chi connectivity index (χ2n) is 7.03. The zero-order valence-electron chi connectivity index (χ0n) is 17.6. The standard InChI is InChI=1S/C23H32N2O3/c1-6-12-27-21-11-9-19(15-22(21)28-13-7-2)24-18(5)23(26)25-20-10-8-16(3)14-17(20)4/h8-11,14-15,18,24H,6-7,12-13H2,1-5H3,(H,25,26)/t18-/m1/s1.